The highest BCUT2D eigenvalue weighted by molar-refractivity contribution is 6.05. The molecule has 0 bridgehead atoms. The summed E-state index contributed by atoms with van der Waals surface area (Å²) in [4.78, 5) is 12.9. The van der Waals surface area contributed by atoms with Crippen LogP contribution in [0.2, 0.25) is 0 Å². The van der Waals surface area contributed by atoms with Crippen molar-refractivity contribution in [1.29, 1.82) is 0 Å². The first kappa shape index (κ1) is 18.6. The number of carbonyl (C=O) groups is 1. The second-order valence-corrected chi connectivity index (χ2v) is 5.86. The number of amides is 1. The first-order valence-corrected chi connectivity index (χ1v) is 8.45. The molecule has 7 nitrogen and oxygen atoms in total. The molecule has 7 heteroatoms. The van der Waals surface area contributed by atoms with Crippen molar-refractivity contribution in [2.24, 2.45) is 5.10 Å². The van der Waals surface area contributed by atoms with Gasteiger partial charge in [0.2, 0.25) is 0 Å². The van der Waals surface area contributed by atoms with E-state index in [9.17, 15) is 4.79 Å². The molecule has 27 heavy (non-hydrogen) atoms. The van der Waals surface area contributed by atoms with Crippen LogP contribution < -0.4 is 18.9 Å². The van der Waals surface area contributed by atoms with Crippen molar-refractivity contribution in [3.63, 3.8) is 0 Å². The average Bonchev–Trinajstić information content (AvgIpc) is 3.22. The molecule has 0 N–H and O–H groups in total. The molecule has 0 unspecified atom stereocenters. The van der Waals surface area contributed by atoms with E-state index in [1.165, 1.54) is 12.1 Å². The summed E-state index contributed by atoms with van der Waals surface area (Å²) in [5.74, 6) is 2.10. The second kappa shape index (κ2) is 7.99. The fourth-order valence-electron chi connectivity index (χ4n) is 2.94. The molecule has 1 aliphatic rings. The van der Waals surface area contributed by atoms with Gasteiger partial charge in [0, 0.05) is 12.0 Å². The van der Waals surface area contributed by atoms with E-state index in [2.05, 4.69) is 5.10 Å². The summed E-state index contributed by atoms with van der Waals surface area (Å²) in [5.41, 5.74) is 2.11. The predicted octanol–water partition coefficient (Wildman–Crippen LogP) is 2.97. The van der Waals surface area contributed by atoms with Gasteiger partial charge < -0.3 is 18.9 Å². The number of methoxy groups -OCH3 is 4. The zero-order chi connectivity index (χ0) is 19.4. The number of ether oxygens (including phenoxy) is 4. The predicted molar refractivity (Wildman–Crippen MR) is 101 cm³/mol. The Balaban J connectivity index is 1.88. The molecule has 0 aromatic heterocycles. The SMILES string of the molecule is COc1ccc(OC)c(C(=O)N2CCC(c3ccc(OC)c(OC)c3)=N2)c1. The minimum atomic E-state index is -0.235. The summed E-state index contributed by atoms with van der Waals surface area (Å²) in [6, 6.07) is 10.7. The number of nitrogens with zero attached hydrogens (tertiary/aromatic N) is 2. The highest BCUT2D eigenvalue weighted by Gasteiger charge is 2.26. The van der Waals surface area contributed by atoms with Crippen LogP contribution in [0.15, 0.2) is 41.5 Å². The topological polar surface area (TPSA) is 69.6 Å². The molecule has 1 heterocycles. The first-order chi connectivity index (χ1) is 13.1. The summed E-state index contributed by atoms with van der Waals surface area (Å²) in [6.45, 7) is 0.489. The van der Waals surface area contributed by atoms with Crippen LogP contribution in [-0.2, 0) is 0 Å². The maximum atomic E-state index is 12.9. The van der Waals surface area contributed by atoms with Gasteiger partial charge in [0.15, 0.2) is 11.5 Å². The van der Waals surface area contributed by atoms with E-state index in [-0.39, 0.29) is 5.91 Å². The maximum Gasteiger partial charge on any atom is 0.277 e. The van der Waals surface area contributed by atoms with Gasteiger partial charge in [-0.3, -0.25) is 4.79 Å². The molecule has 2 aromatic carbocycles. The van der Waals surface area contributed by atoms with E-state index >= 15 is 0 Å². The highest BCUT2D eigenvalue weighted by atomic mass is 16.5. The van der Waals surface area contributed by atoms with Crippen LogP contribution in [0.4, 0.5) is 0 Å². The molecule has 2 aromatic rings. The molecular weight excluding hydrogens is 348 g/mol. The van der Waals surface area contributed by atoms with E-state index in [1.54, 1.807) is 39.5 Å². The standard InChI is InChI=1S/C20H22N2O5/c1-24-14-6-8-17(25-2)15(12-14)20(23)22-10-9-16(21-22)13-5-7-18(26-3)19(11-13)27-4/h5-8,11-12H,9-10H2,1-4H3. The number of hydrogen-bond donors (Lipinski definition) is 0. The third kappa shape index (κ3) is 3.67. The van der Waals surface area contributed by atoms with E-state index in [1.807, 2.05) is 18.2 Å². The molecule has 1 amide bonds. The number of carbonyl (C=O) groups excluding carboxylic acids is 1. The Hall–Kier alpha value is -3.22. The van der Waals surface area contributed by atoms with E-state index in [4.69, 9.17) is 18.9 Å². The van der Waals surface area contributed by atoms with Crippen molar-refractivity contribution in [1.82, 2.24) is 5.01 Å². The fraction of sp³-hybridized carbons (Fsp3) is 0.300. The lowest BCUT2D eigenvalue weighted by Gasteiger charge is -2.15. The third-order valence-corrected chi connectivity index (χ3v) is 4.39. The van der Waals surface area contributed by atoms with Crippen LogP contribution in [0.3, 0.4) is 0 Å². The van der Waals surface area contributed by atoms with Gasteiger partial charge in [-0.25, -0.2) is 5.01 Å². The molecule has 0 spiro atoms. The number of hydrazone groups is 1. The Bertz CT molecular complexity index is 879. The third-order valence-electron chi connectivity index (χ3n) is 4.39. The van der Waals surface area contributed by atoms with Gasteiger partial charge in [0.1, 0.15) is 11.5 Å². The summed E-state index contributed by atoms with van der Waals surface area (Å²) >= 11 is 0. The number of hydrogen-bond acceptors (Lipinski definition) is 6. The molecule has 0 fully saturated rings. The number of rotatable bonds is 6. The Morgan fingerprint density at radius 3 is 2.26 bits per heavy atom. The minimum absolute atomic E-state index is 0.235. The molecule has 3 rings (SSSR count). The maximum absolute atomic E-state index is 12.9. The lowest BCUT2D eigenvalue weighted by Crippen LogP contribution is -2.24. The molecule has 142 valence electrons. The smallest absolute Gasteiger partial charge is 0.277 e. The zero-order valence-corrected chi connectivity index (χ0v) is 15.8. The fourth-order valence-corrected chi connectivity index (χ4v) is 2.94. The molecule has 1 aliphatic heterocycles. The van der Waals surface area contributed by atoms with Crippen LogP contribution >= 0.6 is 0 Å². The van der Waals surface area contributed by atoms with E-state index in [0.717, 1.165) is 11.3 Å². The zero-order valence-electron chi connectivity index (χ0n) is 15.8. The van der Waals surface area contributed by atoms with Crippen molar-refractivity contribution >= 4 is 11.6 Å². The lowest BCUT2D eigenvalue weighted by atomic mass is 10.1. The van der Waals surface area contributed by atoms with Crippen LogP contribution in [-0.4, -0.2) is 51.6 Å². The Morgan fingerprint density at radius 1 is 0.889 bits per heavy atom. The minimum Gasteiger partial charge on any atom is -0.497 e. The van der Waals surface area contributed by atoms with Crippen LogP contribution in [0.25, 0.3) is 0 Å². The molecule has 0 atom stereocenters. The molecule has 0 saturated carbocycles. The van der Waals surface area contributed by atoms with Crippen LogP contribution in [0.1, 0.15) is 22.3 Å². The lowest BCUT2D eigenvalue weighted by molar-refractivity contribution is 0.0774. The monoisotopic (exact) mass is 370 g/mol. The van der Waals surface area contributed by atoms with Crippen molar-refractivity contribution < 1.29 is 23.7 Å². The van der Waals surface area contributed by atoms with Gasteiger partial charge in [0.05, 0.1) is 46.3 Å². The Kier molecular flexibility index (Phi) is 5.49. The van der Waals surface area contributed by atoms with Crippen LogP contribution in [0.5, 0.6) is 23.0 Å². The summed E-state index contributed by atoms with van der Waals surface area (Å²) in [6.07, 6.45) is 0.646. The average molecular weight is 370 g/mol. The van der Waals surface area contributed by atoms with Crippen molar-refractivity contribution in [2.45, 2.75) is 6.42 Å². The van der Waals surface area contributed by atoms with Gasteiger partial charge in [-0.1, -0.05) is 0 Å². The Morgan fingerprint density at radius 2 is 1.59 bits per heavy atom. The van der Waals surface area contributed by atoms with E-state index in [0.29, 0.717) is 41.5 Å². The van der Waals surface area contributed by atoms with Gasteiger partial charge in [-0.05, 0) is 36.4 Å². The summed E-state index contributed by atoms with van der Waals surface area (Å²) in [7, 11) is 6.26. The van der Waals surface area contributed by atoms with Crippen molar-refractivity contribution in [2.75, 3.05) is 35.0 Å². The highest BCUT2D eigenvalue weighted by Crippen LogP contribution is 2.30. The summed E-state index contributed by atoms with van der Waals surface area (Å²) < 4.78 is 21.1. The normalized spacial score (nSPS) is 13.2. The van der Waals surface area contributed by atoms with Gasteiger partial charge >= 0.3 is 0 Å². The van der Waals surface area contributed by atoms with Crippen molar-refractivity contribution in [3.8, 4) is 23.0 Å². The Labute approximate surface area is 158 Å². The van der Waals surface area contributed by atoms with Gasteiger partial charge in [0.25, 0.3) is 5.91 Å². The van der Waals surface area contributed by atoms with Crippen LogP contribution in [0, 0.1) is 0 Å². The molecule has 0 radical (unpaired) electrons. The second-order valence-electron chi connectivity index (χ2n) is 5.86. The number of benzene rings is 2. The van der Waals surface area contributed by atoms with Gasteiger partial charge in [-0.15, -0.1) is 0 Å². The molecular formula is C20H22N2O5. The molecule has 0 aliphatic carbocycles. The van der Waals surface area contributed by atoms with E-state index < -0.39 is 0 Å². The quantitative estimate of drug-likeness (QED) is 0.782. The van der Waals surface area contributed by atoms with Crippen molar-refractivity contribution in [3.05, 3.63) is 47.5 Å². The first-order valence-electron chi connectivity index (χ1n) is 8.45. The molecule has 0 saturated heterocycles. The van der Waals surface area contributed by atoms with Gasteiger partial charge in [-0.2, -0.15) is 5.10 Å². The summed E-state index contributed by atoms with van der Waals surface area (Å²) in [5, 5.41) is 5.95. The largest absolute Gasteiger partial charge is 0.497 e.